The van der Waals surface area contributed by atoms with Gasteiger partial charge in [0.15, 0.2) is 0 Å². The first-order chi connectivity index (χ1) is 10.2. The third-order valence-corrected chi connectivity index (χ3v) is 4.82. The first-order valence-corrected chi connectivity index (χ1v) is 8.38. The van der Waals surface area contributed by atoms with Crippen LogP contribution in [-0.2, 0) is 17.3 Å². The van der Waals surface area contributed by atoms with Gasteiger partial charge in [0.2, 0.25) is 0 Å². The molecule has 2 aromatic carbocycles. The third kappa shape index (κ3) is 4.69. The maximum absolute atomic E-state index is 12.2. The van der Waals surface area contributed by atoms with Crippen molar-refractivity contribution in [3.05, 3.63) is 59.7 Å². The summed E-state index contributed by atoms with van der Waals surface area (Å²) in [5, 5.41) is 0. The largest absolute Gasteiger partial charge is 0.494 e. The molecule has 21 heavy (non-hydrogen) atoms. The van der Waals surface area contributed by atoms with Crippen molar-refractivity contribution in [2.45, 2.75) is 24.8 Å². The molecule has 0 heterocycles. The predicted octanol–water partition coefficient (Wildman–Crippen LogP) is 3.03. The van der Waals surface area contributed by atoms with E-state index in [1.165, 1.54) is 0 Å². The van der Waals surface area contributed by atoms with Gasteiger partial charge in [0.05, 0.1) is 17.4 Å². The lowest BCUT2D eigenvalue weighted by Gasteiger charge is -2.08. The van der Waals surface area contributed by atoms with Gasteiger partial charge in [0, 0.05) is 17.2 Å². The van der Waals surface area contributed by atoms with E-state index in [0.717, 1.165) is 28.2 Å². The van der Waals surface area contributed by atoms with E-state index in [9.17, 15) is 4.21 Å². The highest BCUT2D eigenvalue weighted by Crippen LogP contribution is 2.15. The van der Waals surface area contributed by atoms with Gasteiger partial charge in [-0.05, 0) is 42.7 Å². The SMILES string of the molecule is Cc1ccccc1S(=O)CCCOc1cccc(CN)c1. The average molecular weight is 303 g/mol. The van der Waals surface area contributed by atoms with Crippen molar-refractivity contribution in [3.8, 4) is 5.75 Å². The van der Waals surface area contributed by atoms with Gasteiger partial charge in [-0.3, -0.25) is 4.21 Å². The van der Waals surface area contributed by atoms with E-state index >= 15 is 0 Å². The number of nitrogens with two attached hydrogens (primary N) is 1. The zero-order valence-electron chi connectivity index (χ0n) is 12.2. The van der Waals surface area contributed by atoms with E-state index in [-0.39, 0.29) is 0 Å². The highest BCUT2D eigenvalue weighted by molar-refractivity contribution is 7.85. The molecule has 1 unspecified atom stereocenters. The van der Waals surface area contributed by atoms with E-state index in [4.69, 9.17) is 10.5 Å². The lowest BCUT2D eigenvalue weighted by atomic mass is 10.2. The van der Waals surface area contributed by atoms with Crippen LogP contribution in [0.25, 0.3) is 0 Å². The van der Waals surface area contributed by atoms with Gasteiger partial charge in [-0.25, -0.2) is 0 Å². The lowest BCUT2D eigenvalue weighted by Crippen LogP contribution is -2.06. The molecule has 0 aliphatic heterocycles. The fourth-order valence-corrected chi connectivity index (χ4v) is 3.32. The minimum Gasteiger partial charge on any atom is -0.494 e. The molecule has 3 nitrogen and oxygen atoms in total. The molecule has 0 bridgehead atoms. The van der Waals surface area contributed by atoms with Gasteiger partial charge in [0.1, 0.15) is 5.75 Å². The molecule has 2 aromatic rings. The topological polar surface area (TPSA) is 52.3 Å². The Balaban J connectivity index is 1.79. The van der Waals surface area contributed by atoms with Gasteiger partial charge < -0.3 is 10.5 Å². The van der Waals surface area contributed by atoms with Crippen LogP contribution in [0, 0.1) is 6.92 Å². The van der Waals surface area contributed by atoms with Crippen molar-refractivity contribution in [3.63, 3.8) is 0 Å². The smallest absolute Gasteiger partial charge is 0.119 e. The standard InChI is InChI=1S/C17H21NO2S/c1-14-6-2-3-9-17(14)21(19)11-5-10-20-16-8-4-7-15(12-16)13-18/h2-4,6-9,12H,5,10-11,13,18H2,1H3. The molecule has 0 aliphatic rings. The Bertz CT molecular complexity index is 613. The van der Waals surface area contributed by atoms with Crippen LogP contribution in [0.5, 0.6) is 5.75 Å². The summed E-state index contributed by atoms with van der Waals surface area (Å²) in [6.45, 7) is 3.06. The van der Waals surface area contributed by atoms with Crippen LogP contribution < -0.4 is 10.5 Å². The van der Waals surface area contributed by atoms with Gasteiger partial charge in [-0.15, -0.1) is 0 Å². The maximum Gasteiger partial charge on any atom is 0.119 e. The van der Waals surface area contributed by atoms with Crippen LogP contribution >= 0.6 is 0 Å². The molecule has 2 rings (SSSR count). The monoisotopic (exact) mass is 303 g/mol. The van der Waals surface area contributed by atoms with Crippen LogP contribution in [0.4, 0.5) is 0 Å². The quantitative estimate of drug-likeness (QED) is 0.800. The molecule has 0 radical (unpaired) electrons. The minimum atomic E-state index is -0.959. The summed E-state index contributed by atoms with van der Waals surface area (Å²) in [6.07, 6.45) is 0.758. The van der Waals surface area contributed by atoms with Gasteiger partial charge in [-0.1, -0.05) is 30.3 Å². The zero-order valence-corrected chi connectivity index (χ0v) is 13.1. The average Bonchev–Trinajstić information content (AvgIpc) is 2.52. The molecule has 4 heteroatoms. The molecule has 112 valence electrons. The number of hydrogen-bond acceptors (Lipinski definition) is 3. The molecule has 0 aromatic heterocycles. The zero-order chi connectivity index (χ0) is 15.1. The fraction of sp³-hybridized carbons (Fsp3) is 0.294. The minimum absolute atomic E-state index is 0.508. The lowest BCUT2D eigenvalue weighted by molar-refractivity contribution is 0.318. The number of aryl methyl sites for hydroxylation is 1. The number of ether oxygens (including phenoxy) is 1. The maximum atomic E-state index is 12.2. The summed E-state index contributed by atoms with van der Waals surface area (Å²) in [6, 6.07) is 15.6. The number of rotatable bonds is 7. The summed E-state index contributed by atoms with van der Waals surface area (Å²) >= 11 is 0. The number of benzene rings is 2. The molecule has 0 fully saturated rings. The fourth-order valence-electron chi connectivity index (χ4n) is 2.06. The van der Waals surface area contributed by atoms with E-state index < -0.39 is 10.8 Å². The predicted molar refractivity (Wildman–Crippen MR) is 86.9 cm³/mol. The second kappa shape index (κ2) is 7.96. The second-order valence-corrected chi connectivity index (χ2v) is 6.41. The van der Waals surface area contributed by atoms with Crippen molar-refractivity contribution in [2.75, 3.05) is 12.4 Å². The third-order valence-electron chi connectivity index (χ3n) is 3.22. The Labute approximate surface area is 128 Å². The molecule has 2 N–H and O–H groups in total. The van der Waals surface area contributed by atoms with Gasteiger partial charge >= 0.3 is 0 Å². The Hall–Kier alpha value is -1.65. The molecule has 0 saturated heterocycles. The number of hydrogen-bond donors (Lipinski definition) is 1. The van der Waals surface area contributed by atoms with E-state index in [2.05, 4.69) is 0 Å². The second-order valence-electron chi connectivity index (χ2n) is 4.87. The highest BCUT2D eigenvalue weighted by atomic mass is 32.2. The Morgan fingerprint density at radius 1 is 1.14 bits per heavy atom. The first kappa shape index (κ1) is 15.7. The highest BCUT2D eigenvalue weighted by Gasteiger charge is 2.06. The molecule has 1 atom stereocenters. The summed E-state index contributed by atoms with van der Waals surface area (Å²) in [4.78, 5) is 0.919. The molecular weight excluding hydrogens is 282 g/mol. The summed E-state index contributed by atoms with van der Waals surface area (Å²) in [7, 11) is -0.959. The van der Waals surface area contributed by atoms with Crippen LogP contribution in [0.3, 0.4) is 0 Å². The molecule has 0 aliphatic carbocycles. The van der Waals surface area contributed by atoms with E-state index in [0.29, 0.717) is 18.9 Å². The Morgan fingerprint density at radius 2 is 1.95 bits per heavy atom. The van der Waals surface area contributed by atoms with Crippen molar-refractivity contribution in [2.24, 2.45) is 5.73 Å². The Morgan fingerprint density at radius 3 is 2.71 bits per heavy atom. The summed E-state index contributed by atoms with van der Waals surface area (Å²) in [5.41, 5.74) is 7.72. The molecule has 0 spiro atoms. The summed E-state index contributed by atoms with van der Waals surface area (Å²) < 4.78 is 17.9. The van der Waals surface area contributed by atoms with Crippen molar-refractivity contribution in [1.29, 1.82) is 0 Å². The van der Waals surface area contributed by atoms with Crippen molar-refractivity contribution in [1.82, 2.24) is 0 Å². The first-order valence-electron chi connectivity index (χ1n) is 7.06. The van der Waals surface area contributed by atoms with Gasteiger partial charge in [-0.2, -0.15) is 0 Å². The van der Waals surface area contributed by atoms with E-state index in [1.54, 1.807) is 0 Å². The normalized spacial score (nSPS) is 12.1. The summed E-state index contributed by atoms with van der Waals surface area (Å²) in [5.74, 6) is 1.43. The van der Waals surface area contributed by atoms with Crippen molar-refractivity contribution >= 4 is 10.8 Å². The van der Waals surface area contributed by atoms with E-state index in [1.807, 2.05) is 55.5 Å². The van der Waals surface area contributed by atoms with Crippen LogP contribution in [-0.4, -0.2) is 16.6 Å². The molecule has 0 saturated carbocycles. The van der Waals surface area contributed by atoms with Crippen LogP contribution in [0.2, 0.25) is 0 Å². The molecular formula is C17H21NO2S. The molecule has 0 amide bonds. The van der Waals surface area contributed by atoms with Crippen LogP contribution in [0.1, 0.15) is 17.5 Å². The van der Waals surface area contributed by atoms with Crippen molar-refractivity contribution < 1.29 is 8.95 Å². The Kier molecular flexibility index (Phi) is 5.96. The van der Waals surface area contributed by atoms with Crippen LogP contribution in [0.15, 0.2) is 53.4 Å². The van der Waals surface area contributed by atoms with Gasteiger partial charge in [0.25, 0.3) is 0 Å².